The largest absolute Gasteiger partial charge is 0.464 e. The Hall–Kier alpha value is -2.41. The van der Waals surface area contributed by atoms with Crippen molar-refractivity contribution in [3.63, 3.8) is 0 Å². The first-order valence-corrected chi connectivity index (χ1v) is 9.05. The molecule has 1 aliphatic heterocycles. The van der Waals surface area contributed by atoms with E-state index in [4.69, 9.17) is 4.42 Å². The molecule has 0 radical (unpaired) electrons. The van der Waals surface area contributed by atoms with Crippen LogP contribution in [-0.2, 0) is 12.7 Å². The minimum Gasteiger partial charge on any atom is -0.464 e. The van der Waals surface area contributed by atoms with Crippen LogP contribution in [0.5, 0.6) is 0 Å². The van der Waals surface area contributed by atoms with Gasteiger partial charge in [-0.2, -0.15) is 13.2 Å². The van der Waals surface area contributed by atoms with Gasteiger partial charge in [0.25, 0.3) is 0 Å². The van der Waals surface area contributed by atoms with E-state index in [2.05, 4.69) is 10.2 Å². The molecule has 0 saturated carbocycles. The second-order valence-electron chi connectivity index (χ2n) is 7.01. The summed E-state index contributed by atoms with van der Waals surface area (Å²) in [5.74, 6) is 1.26. The third kappa shape index (κ3) is 3.32. The molecule has 0 amide bonds. The number of aryl methyl sites for hydroxylation is 2. The molecule has 0 unspecified atom stereocenters. The summed E-state index contributed by atoms with van der Waals surface area (Å²) < 4.78 is 48.3. The number of benzene rings is 1. The summed E-state index contributed by atoms with van der Waals surface area (Å²) in [5.41, 5.74) is 1.72. The molecule has 0 atom stereocenters. The van der Waals surface area contributed by atoms with Gasteiger partial charge in [-0.25, -0.2) is 0 Å². The number of piperazine rings is 1. The summed E-state index contributed by atoms with van der Waals surface area (Å²) in [6.45, 7) is 6.98. The van der Waals surface area contributed by atoms with E-state index < -0.39 is 11.9 Å². The molecule has 0 bridgehead atoms. The van der Waals surface area contributed by atoms with Crippen LogP contribution in [0.4, 0.5) is 18.9 Å². The number of nitrogens with zero attached hydrogens (tertiary/aromatic N) is 2. The Morgan fingerprint density at radius 3 is 2.48 bits per heavy atom. The van der Waals surface area contributed by atoms with E-state index in [0.717, 1.165) is 43.2 Å². The van der Waals surface area contributed by atoms with Crippen molar-refractivity contribution in [3.8, 4) is 0 Å². The normalized spacial score (nSPS) is 15.7. The van der Waals surface area contributed by atoms with Gasteiger partial charge in [-0.3, -0.25) is 0 Å². The van der Waals surface area contributed by atoms with Gasteiger partial charge in [0.05, 0.1) is 12.1 Å². The van der Waals surface area contributed by atoms with Crippen molar-refractivity contribution in [2.75, 3.05) is 31.1 Å². The molecule has 3 heterocycles. The molecule has 1 saturated heterocycles. The van der Waals surface area contributed by atoms with Gasteiger partial charge in [-0.15, -0.1) is 0 Å². The van der Waals surface area contributed by atoms with Crippen LogP contribution < -0.4 is 10.2 Å². The highest BCUT2D eigenvalue weighted by atomic mass is 19.4. The summed E-state index contributed by atoms with van der Waals surface area (Å²) in [6.07, 6.45) is -4.43. The molecule has 1 fully saturated rings. The molecule has 0 spiro atoms. The number of alkyl halides is 3. The summed E-state index contributed by atoms with van der Waals surface area (Å²) in [4.78, 5) is 2.14. The maximum absolute atomic E-state index is 13.8. The van der Waals surface area contributed by atoms with Gasteiger partial charge in [-0.1, -0.05) is 6.07 Å². The first kappa shape index (κ1) is 18.0. The SMILES string of the molecule is Cc1cc(Cn2c(C(F)(F)F)cc3c(N4CCNCC4)cccc32)oc1C. The Morgan fingerprint density at radius 2 is 1.85 bits per heavy atom. The molecule has 4 nitrogen and oxygen atoms in total. The molecule has 1 aromatic carbocycles. The summed E-state index contributed by atoms with van der Waals surface area (Å²) in [5, 5.41) is 3.91. The fourth-order valence-corrected chi connectivity index (χ4v) is 3.74. The average molecular weight is 377 g/mol. The molecule has 27 heavy (non-hydrogen) atoms. The van der Waals surface area contributed by atoms with Gasteiger partial charge < -0.3 is 19.2 Å². The molecule has 1 aliphatic rings. The third-order valence-corrected chi connectivity index (χ3v) is 5.20. The number of aromatic nitrogens is 1. The van der Waals surface area contributed by atoms with Gasteiger partial charge in [-0.05, 0) is 43.7 Å². The van der Waals surface area contributed by atoms with E-state index >= 15 is 0 Å². The summed E-state index contributed by atoms with van der Waals surface area (Å²) >= 11 is 0. The number of furan rings is 1. The minimum atomic E-state index is -4.43. The van der Waals surface area contributed by atoms with Crippen LogP contribution in [0.25, 0.3) is 10.9 Å². The van der Waals surface area contributed by atoms with E-state index in [1.165, 1.54) is 10.6 Å². The molecule has 7 heteroatoms. The fraction of sp³-hybridized carbons (Fsp3) is 0.400. The summed E-state index contributed by atoms with van der Waals surface area (Å²) in [6, 6.07) is 8.56. The van der Waals surface area contributed by atoms with E-state index in [1.54, 1.807) is 6.07 Å². The Bertz CT molecular complexity index is 945. The first-order valence-electron chi connectivity index (χ1n) is 9.05. The monoisotopic (exact) mass is 377 g/mol. The predicted octanol–water partition coefficient (Wildman–Crippen LogP) is 4.33. The maximum atomic E-state index is 13.8. The van der Waals surface area contributed by atoms with Crippen molar-refractivity contribution >= 4 is 16.6 Å². The second-order valence-corrected chi connectivity index (χ2v) is 7.01. The lowest BCUT2D eigenvalue weighted by Gasteiger charge is -2.30. The van der Waals surface area contributed by atoms with Crippen LogP contribution in [0.1, 0.15) is 22.8 Å². The quantitative estimate of drug-likeness (QED) is 0.738. The number of halogens is 3. The molecule has 1 N–H and O–H groups in total. The standard InChI is InChI=1S/C20H22F3N3O/c1-13-10-15(27-14(13)2)12-26-18-5-3-4-17(25-8-6-24-7-9-25)16(18)11-19(26)20(21,22)23/h3-5,10-11,24H,6-9,12H2,1-2H3. The van der Waals surface area contributed by atoms with Gasteiger partial charge in [0.2, 0.25) is 0 Å². The highest BCUT2D eigenvalue weighted by Crippen LogP contribution is 2.38. The maximum Gasteiger partial charge on any atom is 0.431 e. The number of nitrogens with one attached hydrogen (secondary N) is 1. The zero-order valence-electron chi connectivity index (χ0n) is 15.4. The van der Waals surface area contributed by atoms with Crippen molar-refractivity contribution < 1.29 is 17.6 Å². The number of hydrogen-bond acceptors (Lipinski definition) is 3. The Morgan fingerprint density at radius 1 is 1.11 bits per heavy atom. The predicted molar refractivity (Wildman–Crippen MR) is 99.3 cm³/mol. The van der Waals surface area contributed by atoms with Gasteiger partial charge >= 0.3 is 6.18 Å². The molecule has 2 aromatic heterocycles. The topological polar surface area (TPSA) is 33.3 Å². The van der Waals surface area contributed by atoms with Crippen molar-refractivity contribution in [2.24, 2.45) is 0 Å². The Labute approximate surface area is 155 Å². The van der Waals surface area contributed by atoms with Crippen LogP contribution in [0, 0.1) is 13.8 Å². The highest BCUT2D eigenvalue weighted by Gasteiger charge is 2.36. The zero-order chi connectivity index (χ0) is 19.2. The van der Waals surface area contributed by atoms with Crippen molar-refractivity contribution in [2.45, 2.75) is 26.6 Å². The van der Waals surface area contributed by atoms with Crippen molar-refractivity contribution in [1.29, 1.82) is 0 Å². The van der Waals surface area contributed by atoms with Crippen LogP contribution in [0.3, 0.4) is 0 Å². The average Bonchev–Trinajstić information content (AvgIpc) is 3.16. The highest BCUT2D eigenvalue weighted by molar-refractivity contribution is 5.94. The molecule has 4 rings (SSSR count). The van der Waals surface area contributed by atoms with E-state index in [1.807, 2.05) is 32.0 Å². The zero-order valence-corrected chi connectivity index (χ0v) is 15.4. The lowest BCUT2D eigenvalue weighted by atomic mass is 10.1. The van der Waals surface area contributed by atoms with Crippen LogP contribution in [-0.4, -0.2) is 30.7 Å². The Balaban J connectivity index is 1.85. The van der Waals surface area contributed by atoms with Crippen molar-refractivity contribution in [1.82, 2.24) is 9.88 Å². The molecular weight excluding hydrogens is 355 g/mol. The van der Waals surface area contributed by atoms with Crippen LogP contribution in [0.2, 0.25) is 0 Å². The van der Waals surface area contributed by atoms with E-state index in [9.17, 15) is 13.2 Å². The third-order valence-electron chi connectivity index (χ3n) is 5.20. The van der Waals surface area contributed by atoms with Gasteiger partial charge in [0.1, 0.15) is 17.2 Å². The number of anilines is 1. The summed E-state index contributed by atoms with van der Waals surface area (Å²) in [7, 11) is 0. The van der Waals surface area contributed by atoms with Crippen molar-refractivity contribution in [3.05, 3.63) is 53.1 Å². The molecule has 3 aromatic rings. The lowest BCUT2D eigenvalue weighted by Crippen LogP contribution is -2.43. The fourth-order valence-electron chi connectivity index (χ4n) is 3.74. The number of fused-ring (bicyclic) bond motifs is 1. The van der Waals surface area contributed by atoms with Crippen LogP contribution >= 0.6 is 0 Å². The smallest absolute Gasteiger partial charge is 0.431 e. The minimum absolute atomic E-state index is 0.0536. The molecule has 0 aliphatic carbocycles. The first-order chi connectivity index (χ1) is 12.8. The van der Waals surface area contributed by atoms with E-state index in [-0.39, 0.29) is 6.54 Å². The van der Waals surface area contributed by atoms with Crippen LogP contribution in [0.15, 0.2) is 34.7 Å². The van der Waals surface area contributed by atoms with Gasteiger partial charge in [0, 0.05) is 37.3 Å². The number of hydrogen-bond donors (Lipinski definition) is 1. The van der Waals surface area contributed by atoms with Gasteiger partial charge in [0.15, 0.2) is 0 Å². The van der Waals surface area contributed by atoms with E-state index in [0.29, 0.717) is 16.7 Å². The molecular formula is C20H22F3N3O. The lowest BCUT2D eigenvalue weighted by molar-refractivity contribution is -0.143. The Kier molecular flexibility index (Phi) is 4.42. The molecule has 144 valence electrons. The number of rotatable bonds is 3. The second kappa shape index (κ2) is 6.64.